The van der Waals surface area contributed by atoms with Crippen LogP contribution in [-0.2, 0) is 17.9 Å². The molecular weight excluding hydrogens is 320 g/mol. The first kappa shape index (κ1) is 16.6. The predicted octanol–water partition coefficient (Wildman–Crippen LogP) is 2.78. The summed E-state index contributed by atoms with van der Waals surface area (Å²) < 4.78 is 5.75. The number of nitrogens with zero attached hydrogens (tertiary/aromatic N) is 4. The Morgan fingerprint density at radius 1 is 1.08 bits per heavy atom. The Morgan fingerprint density at radius 2 is 1.84 bits per heavy atom. The highest BCUT2D eigenvalue weighted by atomic mass is 16.5. The number of carboxylic acids is 1. The molecule has 0 amide bonds. The fraction of sp³-hybridized carbons (Fsp3) is 0.222. The Hall–Kier alpha value is -3.22. The van der Waals surface area contributed by atoms with E-state index < -0.39 is 5.97 Å². The third-order valence-corrected chi connectivity index (χ3v) is 3.56. The second-order valence-electron chi connectivity index (χ2n) is 5.50. The van der Waals surface area contributed by atoms with Crippen molar-refractivity contribution in [2.24, 2.45) is 0 Å². The van der Waals surface area contributed by atoms with Gasteiger partial charge in [-0.05, 0) is 41.5 Å². The van der Waals surface area contributed by atoms with Crippen molar-refractivity contribution in [2.45, 2.75) is 26.0 Å². The molecular formula is C18H18N4O3. The van der Waals surface area contributed by atoms with Gasteiger partial charge in [0.25, 0.3) is 0 Å². The largest absolute Gasteiger partial charge is 0.489 e. The minimum Gasteiger partial charge on any atom is -0.489 e. The maximum absolute atomic E-state index is 10.5. The van der Waals surface area contributed by atoms with E-state index in [-0.39, 0.29) is 6.42 Å². The molecule has 0 fully saturated rings. The van der Waals surface area contributed by atoms with Crippen LogP contribution in [0, 0.1) is 0 Å². The fourth-order valence-corrected chi connectivity index (χ4v) is 2.27. The van der Waals surface area contributed by atoms with Gasteiger partial charge < -0.3 is 9.84 Å². The van der Waals surface area contributed by atoms with Crippen LogP contribution in [0.2, 0.25) is 0 Å². The molecule has 0 unspecified atom stereocenters. The molecule has 1 N–H and O–H groups in total. The molecule has 0 bridgehead atoms. The zero-order chi connectivity index (χ0) is 17.5. The fourth-order valence-electron chi connectivity index (χ4n) is 2.27. The van der Waals surface area contributed by atoms with Crippen LogP contribution in [-0.4, -0.2) is 31.3 Å². The van der Waals surface area contributed by atoms with Crippen LogP contribution in [0.25, 0.3) is 11.4 Å². The van der Waals surface area contributed by atoms with Crippen molar-refractivity contribution in [3.8, 4) is 17.1 Å². The molecule has 0 aliphatic rings. The van der Waals surface area contributed by atoms with Gasteiger partial charge in [0.05, 0.1) is 6.54 Å². The molecule has 3 rings (SSSR count). The van der Waals surface area contributed by atoms with Crippen molar-refractivity contribution in [2.75, 3.05) is 0 Å². The minimum atomic E-state index is -0.827. The lowest BCUT2D eigenvalue weighted by Crippen LogP contribution is -2.05. The number of rotatable bonds is 8. The molecule has 3 aromatic rings. The van der Waals surface area contributed by atoms with Gasteiger partial charge in [0.15, 0.2) is 0 Å². The highest BCUT2D eigenvalue weighted by Crippen LogP contribution is 2.19. The van der Waals surface area contributed by atoms with Gasteiger partial charge in [0.2, 0.25) is 5.82 Å². The molecule has 2 aromatic carbocycles. The lowest BCUT2D eigenvalue weighted by molar-refractivity contribution is -0.137. The Kier molecular flexibility index (Phi) is 5.36. The summed E-state index contributed by atoms with van der Waals surface area (Å²) in [4.78, 5) is 11.9. The van der Waals surface area contributed by atoms with E-state index in [4.69, 9.17) is 9.84 Å². The van der Waals surface area contributed by atoms with E-state index in [2.05, 4.69) is 15.4 Å². The first-order valence-corrected chi connectivity index (χ1v) is 7.97. The second kappa shape index (κ2) is 8.05. The maximum Gasteiger partial charge on any atom is 0.303 e. The van der Waals surface area contributed by atoms with Crippen molar-refractivity contribution in [3.05, 3.63) is 60.2 Å². The summed E-state index contributed by atoms with van der Waals surface area (Å²) in [6.07, 6.45) is 0.557. The number of benzene rings is 2. The molecule has 0 atom stereocenters. The summed E-state index contributed by atoms with van der Waals surface area (Å²) in [5, 5.41) is 20.8. The van der Waals surface area contributed by atoms with Crippen LogP contribution in [0.1, 0.15) is 18.4 Å². The number of hydrogen-bond acceptors (Lipinski definition) is 5. The molecule has 0 aliphatic heterocycles. The molecule has 1 heterocycles. The zero-order valence-electron chi connectivity index (χ0n) is 13.6. The number of carboxylic acid groups (broad SMARTS) is 1. The molecule has 25 heavy (non-hydrogen) atoms. The molecule has 0 radical (unpaired) electrons. The number of aliphatic carboxylic acids is 1. The van der Waals surface area contributed by atoms with Crippen LogP contribution in [0.15, 0.2) is 54.6 Å². The average Bonchev–Trinajstić information content (AvgIpc) is 3.10. The van der Waals surface area contributed by atoms with Gasteiger partial charge in [0, 0.05) is 12.0 Å². The van der Waals surface area contributed by atoms with E-state index in [9.17, 15) is 4.79 Å². The summed E-state index contributed by atoms with van der Waals surface area (Å²) in [5.74, 6) is 0.442. The normalized spacial score (nSPS) is 10.6. The highest BCUT2D eigenvalue weighted by molar-refractivity contribution is 5.66. The SMILES string of the molecule is O=C(O)CCCn1nnc(-c2ccc(OCc3ccccc3)cc2)n1. The Balaban J connectivity index is 1.57. The van der Waals surface area contributed by atoms with Crippen molar-refractivity contribution < 1.29 is 14.6 Å². The lowest BCUT2D eigenvalue weighted by atomic mass is 10.2. The number of tetrazole rings is 1. The molecule has 7 nitrogen and oxygen atoms in total. The number of carbonyl (C=O) groups is 1. The van der Waals surface area contributed by atoms with Gasteiger partial charge in [-0.25, -0.2) is 0 Å². The third kappa shape index (κ3) is 4.87. The summed E-state index contributed by atoms with van der Waals surface area (Å²) in [7, 11) is 0. The van der Waals surface area contributed by atoms with Crippen molar-refractivity contribution in [1.82, 2.24) is 20.2 Å². The van der Waals surface area contributed by atoms with Gasteiger partial charge in [-0.3, -0.25) is 4.79 Å². The number of aromatic nitrogens is 4. The molecule has 0 saturated carbocycles. The highest BCUT2D eigenvalue weighted by Gasteiger charge is 2.07. The Labute approximate surface area is 144 Å². The summed E-state index contributed by atoms with van der Waals surface area (Å²) in [6, 6.07) is 17.4. The minimum absolute atomic E-state index is 0.0876. The van der Waals surface area contributed by atoms with E-state index in [0.717, 1.165) is 16.9 Å². The maximum atomic E-state index is 10.5. The van der Waals surface area contributed by atoms with Crippen molar-refractivity contribution in [1.29, 1.82) is 0 Å². The lowest BCUT2D eigenvalue weighted by Gasteiger charge is -2.06. The third-order valence-electron chi connectivity index (χ3n) is 3.56. The zero-order valence-corrected chi connectivity index (χ0v) is 13.6. The van der Waals surface area contributed by atoms with E-state index in [0.29, 0.717) is 25.4 Å². The van der Waals surface area contributed by atoms with Gasteiger partial charge in [-0.2, -0.15) is 4.80 Å². The number of hydrogen-bond donors (Lipinski definition) is 1. The first-order valence-electron chi connectivity index (χ1n) is 7.97. The quantitative estimate of drug-likeness (QED) is 0.679. The van der Waals surface area contributed by atoms with E-state index in [1.165, 1.54) is 4.80 Å². The average molecular weight is 338 g/mol. The van der Waals surface area contributed by atoms with E-state index >= 15 is 0 Å². The van der Waals surface area contributed by atoms with Gasteiger partial charge in [-0.15, -0.1) is 10.2 Å². The van der Waals surface area contributed by atoms with Crippen LogP contribution in [0.4, 0.5) is 0 Å². The van der Waals surface area contributed by atoms with Crippen LogP contribution >= 0.6 is 0 Å². The Morgan fingerprint density at radius 3 is 2.56 bits per heavy atom. The van der Waals surface area contributed by atoms with Gasteiger partial charge >= 0.3 is 5.97 Å². The molecule has 7 heteroatoms. The van der Waals surface area contributed by atoms with Crippen LogP contribution in [0.5, 0.6) is 5.75 Å². The van der Waals surface area contributed by atoms with Crippen LogP contribution in [0.3, 0.4) is 0 Å². The number of ether oxygens (including phenoxy) is 1. The number of aryl methyl sites for hydroxylation is 1. The molecule has 1 aromatic heterocycles. The Bertz CT molecular complexity index is 816. The van der Waals surface area contributed by atoms with E-state index in [1.807, 2.05) is 54.6 Å². The topological polar surface area (TPSA) is 90.1 Å². The first-order chi connectivity index (χ1) is 12.2. The predicted molar refractivity (Wildman–Crippen MR) is 90.9 cm³/mol. The molecule has 0 spiro atoms. The smallest absolute Gasteiger partial charge is 0.303 e. The monoisotopic (exact) mass is 338 g/mol. The summed E-state index contributed by atoms with van der Waals surface area (Å²) >= 11 is 0. The van der Waals surface area contributed by atoms with Crippen LogP contribution < -0.4 is 4.74 Å². The van der Waals surface area contributed by atoms with Gasteiger partial charge in [0.1, 0.15) is 12.4 Å². The van der Waals surface area contributed by atoms with Crippen molar-refractivity contribution >= 4 is 5.97 Å². The van der Waals surface area contributed by atoms with E-state index in [1.54, 1.807) is 0 Å². The standard InChI is InChI=1S/C18H18N4O3/c23-17(24)7-4-12-22-20-18(19-21-22)15-8-10-16(11-9-15)25-13-14-5-2-1-3-6-14/h1-3,5-6,8-11H,4,7,12-13H2,(H,23,24). The molecule has 0 saturated heterocycles. The summed E-state index contributed by atoms with van der Waals surface area (Å²) in [6.45, 7) is 0.940. The second-order valence-corrected chi connectivity index (χ2v) is 5.50. The van der Waals surface area contributed by atoms with Gasteiger partial charge in [-0.1, -0.05) is 30.3 Å². The molecule has 0 aliphatic carbocycles. The molecule has 128 valence electrons. The summed E-state index contributed by atoms with van der Waals surface area (Å²) in [5.41, 5.74) is 1.94. The van der Waals surface area contributed by atoms with Crippen molar-refractivity contribution in [3.63, 3.8) is 0 Å².